The molecule has 0 radical (unpaired) electrons. The van der Waals surface area contributed by atoms with Gasteiger partial charge >= 0.3 is 0 Å². The number of nitrogens with one attached hydrogen (secondary N) is 1. The monoisotopic (exact) mass is 267 g/mol. The number of ether oxygens (including phenoxy) is 2. The Morgan fingerprint density at radius 1 is 1.58 bits per heavy atom. The molecule has 1 N–H and O–H groups in total. The van der Waals surface area contributed by atoms with E-state index in [9.17, 15) is 4.79 Å². The third-order valence-corrected chi connectivity index (χ3v) is 3.41. The molecule has 6 nitrogen and oxygen atoms in total. The molecule has 0 bridgehead atoms. The summed E-state index contributed by atoms with van der Waals surface area (Å²) >= 11 is 0. The van der Waals surface area contributed by atoms with E-state index in [0.29, 0.717) is 18.8 Å². The normalized spacial score (nSPS) is 22.1. The quantitative estimate of drug-likeness (QED) is 0.888. The minimum absolute atomic E-state index is 0.0444. The standard InChI is InChI=1S/C13H21N3O3/c1-8-7-10-11(9(2)19-8)14-15-12(10)13(17)16(3)5-6-18-4/h8-9H,5-7H2,1-4H3,(H,14,15)/t8-,9+/m0/s1. The summed E-state index contributed by atoms with van der Waals surface area (Å²) in [7, 11) is 3.38. The van der Waals surface area contributed by atoms with Crippen LogP contribution in [0.25, 0.3) is 0 Å². The molecule has 106 valence electrons. The van der Waals surface area contributed by atoms with Gasteiger partial charge in [0.05, 0.1) is 24.5 Å². The summed E-state index contributed by atoms with van der Waals surface area (Å²) in [6, 6.07) is 0. The van der Waals surface area contributed by atoms with E-state index in [2.05, 4.69) is 10.2 Å². The topological polar surface area (TPSA) is 67.5 Å². The van der Waals surface area contributed by atoms with Crippen LogP contribution < -0.4 is 0 Å². The lowest BCUT2D eigenvalue weighted by atomic mass is 9.99. The molecule has 0 aliphatic carbocycles. The van der Waals surface area contributed by atoms with Crippen molar-refractivity contribution in [3.05, 3.63) is 17.0 Å². The first kappa shape index (κ1) is 14.0. The fourth-order valence-electron chi connectivity index (χ4n) is 2.36. The minimum atomic E-state index is -0.0733. The summed E-state index contributed by atoms with van der Waals surface area (Å²) in [5.74, 6) is -0.0733. The van der Waals surface area contributed by atoms with Crippen molar-refractivity contribution in [3.8, 4) is 0 Å². The fourth-order valence-corrected chi connectivity index (χ4v) is 2.36. The van der Waals surface area contributed by atoms with Gasteiger partial charge in [0.25, 0.3) is 5.91 Å². The highest BCUT2D eigenvalue weighted by atomic mass is 16.5. The van der Waals surface area contributed by atoms with Crippen LogP contribution in [0.15, 0.2) is 0 Å². The van der Waals surface area contributed by atoms with E-state index in [0.717, 1.165) is 17.7 Å². The van der Waals surface area contributed by atoms with Gasteiger partial charge in [-0.1, -0.05) is 0 Å². The number of amides is 1. The highest BCUT2D eigenvalue weighted by molar-refractivity contribution is 5.94. The number of aromatic nitrogens is 2. The van der Waals surface area contributed by atoms with Crippen LogP contribution in [0.2, 0.25) is 0 Å². The van der Waals surface area contributed by atoms with Crippen molar-refractivity contribution in [3.63, 3.8) is 0 Å². The molecule has 1 aliphatic heterocycles. The molecule has 1 aromatic heterocycles. The molecule has 2 rings (SSSR count). The molecule has 6 heteroatoms. The smallest absolute Gasteiger partial charge is 0.274 e. The Morgan fingerprint density at radius 2 is 2.32 bits per heavy atom. The lowest BCUT2D eigenvalue weighted by molar-refractivity contribution is -0.00702. The molecule has 0 fully saturated rings. The lowest BCUT2D eigenvalue weighted by Crippen LogP contribution is -2.32. The van der Waals surface area contributed by atoms with E-state index in [-0.39, 0.29) is 18.1 Å². The fraction of sp³-hybridized carbons (Fsp3) is 0.692. The van der Waals surface area contributed by atoms with Gasteiger partial charge in [0.2, 0.25) is 0 Å². The summed E-state index contributed by atoms with van der Waals surface area (Å²) in [6.45, 7) is 5.05. The summed E-state index contributed by atoms with van der Waals surface area (Å²) in [5, 5.41) is 7.11. The van der Waals surface area contributed by atoms with E-state index in [4.69, 9.17) is 9.47 Å². The van der Waals surface area contributed by atoms with Crippen LogP contribution in [0.1, 0.15) is 41.7 Å². The van der Waals surface area contributed by atoms with Gasteiger partial charge in [0, 0.05) is 32.7 Å². The number of hydrogen-bond donors (Lipinski definition) is 1. The van der Waals surface area contributed by atoms with Crippen molar-refractivity contribution in [1.29, 1.82) is 0 Å². The van der Waals surface area contributed by atoms with Crippen molar-refractivity contribution < 1.29 is 14.3 Å². The Bertz CT molecular complexity index is 458. The van der Waals surface area contributed by atoms with E-state index < -0.39 is 0 Å². The van der Waals surface area contributed by atoms with Crippen LogP contribution in [0, 0.1) is 0 Å². The van der Waals surface area contributed by atoms with Crippen LogP contribution in [0.4, 0.5) is 0 Å². The Morgan fingerprint density at radius 3 is 3.00 bits per heavy atom. The van der Waals surface area contributed by atoms with Crippen molar-refractivity contribution >= 4 is 5.91 Å². The summed E-state index contributed by atoms with van der Waals surface area (Å²) in [4.78, 5) is 14.0. The number of H-pyrrole nitrogens is 1. The van der Waals surface area contributed by atoms with Crippen molar-refractivity contribution in [2.24, 2.45) is 0 Å². The van der Waals surface area contributed by atoms with Crippen molar-refractivity contribution in [2.75, 3.05) is 27.3 Å². The second-order valence-electron chi connectivity index (χ2n) is 4.98. The maximum atomic E-state index is 12.3. The molecule has 1 amide bonds. The van der Waals surface area contributed by atoms with E-state index in [1.165, 1.54) is 0 Å². The Kier molecular flexibility index (Phi) is 4.21. The first-order valence-corrected chi connectivity index (χ1v) is 6.51. The molecule has 0 saturated carbocycles. The van der Waals surface area contributed by atoms with Gasteiger partial charge < -0.3 is 14.4 Å². The number of aromatic amines is 1. The number of methoxy groups -OCH3 is 1. The number of nitrogens with zero attached hydrogens (tertiary/aromatic N) is 2. The number of hydrogen-bond acceptors (Lipinski definition) is 4. The zero-order valence-electron chi connectivity index (χ0n) is 11.9. The van der Waals surface area contributed by atoms with Crippen molar-refractivity contribution in [2.45, 2.75) is 32.5 Å². The van der Waals surface area contributed by atoms with Crippen LogP contribution >= 0.6 is 0 Å². The molecule has 0 saturated heterocycles. The first-order valence-electron chi connectivity index (χ1n) is 6.51. The van der Waals surface area contributed by atoms with E-state index in [1.54, 1.807) is 19.1 Å². The van der Waals surface area contributed by atoms with E-state index in [1.807, 2.05) is 13.8 Å². The van der Waals surface area contributed by atoms with Crippen molar-refractivity contribution in [1.82, 2.24) is 15.1 Å². The molecular weight excluding hydrogens is 246 g/mol. The molecule has 2 atom stereocenters. The molecule has 2 heterocycles. The molecule has 0 unspecified atom stereocenters. The summed E-state index contributed by atoms with van der Waals surface area (Å²) < 4.78 is 10.7. The molecule has 0 spiro atoms. The third-order valence-electron chi connectivity index (χ3n) is 3.41. The van der Waals surface area contributed by atoms with Crippen LogP contribution in [-0.4, -0.2) is 54.4 Å². The van der Waals surface area contributed by atoms with Gasteiger partial charge in [-0.15, -0.1) is 0 Å². The predicted molar refractivity (Wildman–Crippen MR) is 70.1 cm³/mol. The maximum Gasteiger partial charge on any atom is 0.274 e. The zero-order chi connectivity index (χ0) is 14.0. The molecule has 1 aliphatic rings. The maximum absolute atomic E-state index is 12.3. The number of carbonyl (C=O) groups excluding carboxylic acids is 1. The predicted octanol–water partition coefficient (Wildman–Crippen LogP) is 1.15. The largest absolute Gasteiger partial charge is 0.383 e. The Labute approximate surface area is 113 Å². The lowest BCUT2D eigenvalue weighted by Gasteiger charge is -2.25. The van der Waals surface area contributed by atoms with Gasteiger partial charge in [-0.05, 0) is 13.8 Å². The highest BCUT2D eigenvalue weighted by Gasteiger charge is 2.30. The van der Waals surface area contributed by atoms with Crippen LogP contribution in [-0.2, 0) is 15.9 Å². The number of rotatable bonds is 4. The van der Waals surface area contributed by atoms with E-state index >= 15 is 0 Å². The summed E-state index contributed by atoms with van der Waals surface area (Å²) in [5.41, 5.74) is 2.41. The van der Waals surface area contributed by atoms with Gasteiger partial charge in [0.15, 0.2) is 5.69 Å². The second kappa shape index (κ2) is 5.71. The molecule has 1 aromatic rings. The molecule has 19 heavy (non-hydrogen) atoms. The minimum Gasteiger partial charge on any atom is -0.383 e. The molecular formula is C13H21N3O3. The van der Waals surface area contributed by atoms with Gasteiger partial charge in [-0.2, -0.15) is 5.10 Å². The average molecular weight is 267 g/mol. The zero-order valence-corrected chi connectivity index (χ0v) is 11.9. The molecule has 0 aromatic carbocycles. The van der Waals surface area contributed by atoms with Gasteiger partial charge in [-0.3, -0.25) is 9.89 Å². The first-order chi connectivity index (χ1) is 9.04. The number of carbonyl (C=O) groups is 1. The number of likely N-dealkylation sites (N-methyl/N-ethyl adjacent to an activating group) is 1. The SMILES string of the molecule is COCCN(C)C(=O)c1n[nH]c2c1C[C@H](C)O[C@@H]2C. The third kappa shape index (κ3) is 2.79. The average Bonchev–Trinajstić information content (AvgIpc) is 2.78. The number of fused-ring (bicyclic) bond motifs is 1. The van der Waals surface area contributed by atoms with Crippen LogP contribution in [0.5, 0.6) is 0 Å². The highest BCUT2D eigenvalue weighted by Crippen LogP contribution is 2.30. The van der Waals surface area contributed by atoms with Crippen LogP contribution in [0.3, 0.4) is 0 Å². The van der Waals surface area contributed by atoms with Gasteiger partial charge in [-0.25, -0.2) is 0 Å². The Balaban J connectivity index is 2.20. The second-order valence-corrected chi connectivity index (χ2v) is 4.98. The summed E-state index contributed by atoms with van der Waals surface area (Å²) in [6.07, 6.45) is 0.781. The Hall–Kier alpha value is -1.40. The van der Waals surface area contributed by atoms with Gasteiger partial charge in [0.1, 0.15) is 0 Å².